The third kappa shape index (κ3) is 2.33. The molecule has 1 unspecified atom stereocenters. The van der Waals surface area contributed by atoms with Crippen LogP contribution in [0.2, 0.25) is 0 Å². The van der Waals surface area contributed by atoms with Gasteiger partial charge in [-0.1, -0.05) is 0 Å². The highest BCUT2D eigenvalue weighted by atomic mass is 32.2. The molecule has 0 bridgehead atoms. The molecule has 0 N–H and O–H groups in total. The van der Waals surface area contributed by atoms with Gasteiger partial charge < -0.3 is 9.32 Å². The van der Waals surface area contributed by atoms with Crippen LogP contribution in [-0.2, 0) is 10.0 Å². The topological polar surface area (TPSA) is 70.8 Å². The summed E-state index contributed by atoms with van der Waals surface area (Å²) < 4.78 is 31.1. The molecule has 0 amide bonds. The molecule has 2 rings (SSSR count). The number of sulfonamides is 1. The van der Waals surface area contributed by atoms with Crippen molar-refractivity contribution in [1.29, 1.82) is 0 Å². The van der Waals surface area contributed by atoms with Gasteiger partial charge in [-0.15, -0.1) is 0 Å². The second kappa shape index (κ2) is 4.83. The van der Waals surface area contributed by atoms with Crippen molar-refractivity contribution in [3.05, 3.63) is 17.9 Å². The number of piperazine rings is 1. The number of carbonyl (C=O) groups is 1. The van der Waals surface area contributed by atoms with Crippen molar-refractivity contribution in [3.8, 4) is 0 Å². The van der Waals surface area contributed by atoms with E-state index in [-0.39, 0.29) is 16.9 Å². The number of hydrogen-bond acceptors (Lipinski definition) is 5. The number of likely N-dealkylation sites (N-methyl/N-ethyl adjacent to an activating group) is 1. The molecular weight excluding hydrogens is 256 g/mol. The highest BCUT2D eigenvalue weighted by Gasteiger charge is 2.34. The summed E-state index contributed by atoms with van der Waals surface area (Å²) in [6.07, 6.45) is 0.492. The summed E-state index contributed by atoms with van der Waals surface area (Å²) in [4.78, 5) is 12.6. The zero-order valence-corrected chi connectivity index (χ0v) is 11.2. The molecule has 0 aromatic carbocycles. The highest BCUT2D eigenvalue weighted by molar-refractivity contribution is 7.89. The normalized spacial score (nSPS) is 23.1. The molecule has 1 saturated heterocycles. The highest BCUT2D eigenvalue weighted by Crippen LogP contribution is 2.22. The van der Waals surface area contributed by atoms with Crippen LogP contribution in [0.3, 0.4) is 0 Å². The number of nitrogens with zero attached hydrogens (tertiary/aromatic N) is 2. The lowest BCUT2D eigenvalue weighted by atomic mass is 10.2. The summed E-state index contributed by atoms with van der Waals surface area (Å²) in [6, 6.07) is 2.57. The molecule has 1 aliphatic heterocycles. The maximum absolute atomic E-state index is 12.3. The predicted octanol–water partition coefficient (Wildman–Crippen LogP) is 0.417. The monoisotopic (exact) mass is 272 g/mol. The van der Waals surface area contributed by atoms with E-state index in [0.29, 0.717) is 25.9 Å². The van der Waals surface area contributed by atoms with E-state index in [1.807, 2.05) is 14.0 Å². The molecule has 2 heterocycles. The van der Waals surface area contributed by atoms with Crippen LogP contribution in [0.1, 0.15) is 17.5 Å². The molecule has 0 spiro atoms. The zero-order chi connectivity index (χ0) is 13.3. The largest absolute Gasteiger partial charge is 0.440 e. The molecule has 6 nitrogen and oxygen atoms in total. The van der Waals surface area contributed by atoms with E-state index in [0.717, 1.165) is 0 Å². The van der Waals surface area contributed by atoms with Gasteiger partial charge in [0.15, 0.2) is 12.0 Å². The quantitative estimate of drug-likeness (QED) is 0.746. The lowest BCUT2D eigenvalue weighted by molar-refractivity contribution is 0.109. The zero-order valence-electron chi connectivity index (χ0n) is 10.4. The first kappa shape index (κ1) is 13.3. The van der Waals surface area contributed by atoms with Crippen molar-refractivity contribution in [3.63, 3.8) is 0 Å². The Morgan fingerprint density at radius 3 is 2.67 bits per heavy atom. The predicted molar refractivity (Wildman–Crippen MR) is 64.9 cm³/mol. The van der Waals surface area contributed by atoms with Gasteiger partial charge in [0.05, 0.1) is 0 Å². The minimum atomic E-state index is -3.64. The van der Waals surface area contributed by atoms with Crippen LogP contribution >= 0.6 is 0 Å². The number of aldehydes is 1. The first-order chi connectivity index (χ1) is 8.45. The van der Waals surface area contributed by atoms with Gasteiger partial charge in [0.1, 0.15) is 0 Å². The van der Waals surface area contributed by atoms with Gasteiger partial charge in [0.25, 0.3) is 10.0 Å². The average Bonchev–Trinajstić information content (AvgIpc) is 2.77. The molecule has 0 radical (unpaired) electrons. The van der Waals surface area contributed by atoms with Gasteiger partial charge in [-0.3, -0.25) is 4.79 Å². The molecule has 1 aromatic heterocycles. The van der Waals surface area contributed by atoms with Crippen LogP contribution in [0.15, 0.2) is 21.6 Å². The van der Waals surface area contributed by atoms with Crippen LogP contribution < -0.4 is 0 Å². The van der Waals surface area contributed by atoms with E-state index >= 15 is 0 Å². The lowest BCUT2D eigenvalue weighted by Crippen LogP contribution is -2.52. The molecule has 1 fully saturated rings. The van der Waals surface area contributed by atoms with E-state index in [1.165, 1.54) is 16.4 Å². The first-order valence-electron chi connectivity index (χ1n) is 5.70. The van der Waals surface area contributed by atoms with Crippen molar-refractivity contribution < 1.29 is 17.6 Å². The standard InChI is InChI=1S/C11H16N2O4S/c1-9-7-12(2)5-6-13(9)18(15,16)11-4-3-10(8-14)17-11/h3-4,8-9H,5-7H2,1-2H3. The summed E-state index contributed by atoms with van der Waals surface area (Å²) in [5.74, 6) is 0.0235. The Kier molecular flexibility index (Phi) is 3.56. The molecule has 100 valence electrons. The number of carbonyl (C=O) groups excluding carboxylic acids is 1. The van der Waals surface area contributed by atoms with Gasteiger partial charge in [0.2, 0.25) is 5.09 Å². The fraction of sp³-hybridized carbons (Fsp3) is 0.545. The van der Waals surface area contributed by atoms with Crippen molar-refractivity contribution in [1.82, 2.24) is 9.21 Å². The smallest absolute Gasteiger partial charge is 0.276 e. The van der Waals surface area contributed by atoms with Crippen LogP contribution in [0.4, 0.5) is 0 Å². The van der Waals surface area contributed by atoms with Gasteiger partial charge in [-0.05, 0) is 26.1 Å². The Bertz CT molecular complexity index is 537. The fourth-order valence-corrected chi connectivity index (χ4v) is 3.67. The van der Waals surface area contributed by atoms with Crippen molar-refractivity contribution in [2.75, 3.05) is 26.7 Å². The summed E-state index contributed by atoms with van der Waals surface area (Å²) in [6.45, 7) is 3.65. The number of furan rings is 1. The van der Waals surface area contributed by atoms with Crippen LogP contribution in [-0.4, -0.2) is 56.6 Å². The minimum Gasteiger partial charge on any atom is -0.440 e. The Hall–Kier alpha value is -1.18. The van der Waals surface area contributed by atoms with Crippen LogP contribution in [0.25, 0.3) is 0 Å². The minimum absolute atomic E-state index is 0.0235. The Morgan fingerprint density at radius 2 is 2.11 bits per heavy atom. The van der Waals surface area contributed by atoms with Crippen molar-refractivity contribution >= 4 is 16.3 Å². The second-order valence-corrected chi connectivity index (χ2v) is 6.32. The van der Waals surface area contributed by atoms with Gasteiger partial charge >= 0.3 is 0 Å². The van der Waals surface area contributed by atoms with Gasteiger partial charge in [0, 0.05) is 25.7 Å². The second-order valence-electron chi connectivity index (χ2n) is 4.50. The van der Waals surface area contributed by atoms with Crippen molar-refractivity contribution in [2.45, 2.75) is 18.1 Å². The number of rotatable bonds is 3. The Balaban J connectivity index is 2.28. The molecular formula is C11H16N2O4S. The lowest BCUT2D eigenvalue weighted by Gasteiger charge is -2.36. The summed E-state index contributed by atoms with van der Waals surface area (Å²) in [5.41, 5.74) is 0. The summed E-state index contributed by atoms with van der Waals surface area (Å²) >= 11 is 0. The third-order valence-electron chi connectivity index (χ3n) is 3.05. The SMILES string of the molecule is CC1CN(C)CCN1S(=O)(=O)c1ccc(C=O)o1. The van der Waals surface area contributed by atoms with E-state index in [1.54, 1.807) is 0 Å². The van der Waals surface area contributed by atoms with Crippen molar-refractivity contribution in [2.24, 2.45) is 0 Å². The van der Waals surface area contributed by atoms with Crippen LogP contribution in [0.5, 0.6) is 0 Å². The first-order valence-corrected chi connectivity index (χ1v) is 7.14. The van der Waals surface area contributed by atoms with E-state index < -0.39 is 10.0 Å². The Labute approximate surface area is 106 Å². The van der Waals surface area contributed by atoms with E-state index in [9.17, 15) is 13.2 Å². The molecule has 1 aromatic rings. The maximum atomic E-state index is 12.3. The van der Waals surface area contributed by atoms with E-state index in [2.05, 4.69) is 4.90 Å². The molecule has 1 aliphatic rings. The van der Waals surface area contributed by atoms with E-state index in [4.69, 9.17) is 4.42 Å². The summed E-state index contributed by atoms with van der Waals surface area (Å²) in [7, 11) is -1.69. The molecule has 18 heavy (non-hydrogen) atoms. The molecule has 7 heteroatoms. The third-order valence-corrected chi connectivity index (χ3v) is 4.94. The fourth-order valence-electron chi connectivity index (χ4n) is 2.13. The van der Waals surface area contributed by atoms with Crippen LogP contribution in [0, 0.1) is 0 Å². The summed E-state index contributed by atoms with van der Waals surface area (Å²) in [5, 5.41) is -0.166. The maximum Gasteiger partial charge on any atom is 0.276 e. The Morgan fingerprint density at radius 1 is 1.39 bits per heavy atom. The number of hydrogen-bond donors (Lipinski definition) is 0. The van der Waals surface area contributed by atoms with Gasteiger partial charge in [-0.2, -0.15) is 4.31 Å². The molecule has 0 saturated carbocycles. The molecule has 1 atom stereocenters. The average molecular weight is 272 g/mol. The van der Waals surface area contributed by atoms with Gasteiger partial charge in [-0.25, -0.2) is 8.42 Å². The molecule has 0 aliphatic carbocycles.